The average molecular weight is 432 g/mol. The molecule has 0 radical (unpaired) electrons. The van der Waals surface area contributed by atoms with Crippen molar-refractivity contribution in [2.24, 2.45) is 0 Å². The van der Waals surface area contributed by atoms with E-state index in [9.17, 15) is 9.18 Å². The van der Waals surface area contributed by atoms with Gasteiger partial charge in [-0.2, -0.15) is 0 Å². The van der Waals surface area contributed by atoms with Crippen molar-refractivity contribution in [3.8, 4) is 11.5 Å². The predicted octanol–water partition coefficient (Wildman–Crippen LogP) is 5.46. The molecule has 0 saturated carbocycles. The fourth-order valence-corrected chi connectivity index (χ4v) is 3.79. The molecule has 0 amide bonds. The first-order chi connectivity index (χ1) is 15.5. The highest BCUT2D eigenvalue weighted by Crippen LogP contribution is 2.25. The largest absolute Gasteiger partial charge is 0.457 e. The Bertz CT molecular complexity index is 1250. The second-order valence-electron chi connectivity index (χ2n) is 7.57. The van der Waals surface area contributed by atoms with E-state index < -0.39 is 0 Å². The maximum atomic E-state index is 13.6. The van der Waals surface area contributed by atoms with E-state index in [2.05, 4.69) is 4.98 Å². The van der Waals surface area contributed by atoms with Crippen LogP contribution in [-0.4, -0.2) is 22.8 Å². The van der Waals surface area contributed by atoms with Gasteiger partial charge in [-0.3, -0.25) is 9.36 Å². The van der Waals surface area contributed by atoms with Crippen molar-refractivity contribution >= 4 is 10.9 Å². The van der Waals surface area contributed by atoms with E-state index in [-0.39, 0.29) is 17.4 Å². The van der Waals surface area contributed by atoms with Gasteiger partial charge in [-0.05, 0) is 68.3 Å². The van der Waals surface area contributed by atoms with E-state index in [0.29, 0.717) is 47.9 Å². The summed E-state index contributed by atoms with van der Waals surface area (Å²) in [5.41, 5.74) is 1.58. The number of hydrogen-bond donors (Lipinski definition) is 0. The van der Waals surface area contributed by atoms with Crippen LogP contribution in [-0.2, 0) is 11.2 Å². The minimum atomic E-state index is -0.336. The van der Waals surface area contributed by atoms with Crippen molar-refractivity contribution in [1.82, 2.24) is 9.55 Å². The van der Waals surface area contributed by atoms with Gasteiger partial charge < -0.3 is 9.47 Å². The van der Waals surface area contributed by atoms with Crippen LogP contribution in [0.3, 0.4) is 0 Å². The standard InChI is InChI=1S/C26H25FN2O3/c1-3-31-17-21(15-19-7-5-4-6-8-19)29-18(2)28-25-14-13-23(16-24(25)26(29)30)32-22-11-9-20(27)10-12-22/h4-14,16,21H,3,15,17H2,1-2H3/t21-/m0/s1. The van der Waals surface area contributed by atoms with Crippen LogP contribution >= 0.6 is 0 Å². The zero-order valence-corrected chi connectivity index (χ0v) is 18.1. The third kappa shape index (κ3) is 4.86. The monoisotopic (exact) mass is 432 g/mol. The number of nitrogens with zero attached hydrogens (tertiary/aromatic N) is 2. The molecule has 32 heavy (non-hydrogen) atoms. The van der Waals surface area contributed by atoms with Gasteiger partial charge in [0.15, 0.2) is 0 Å². The van der Waals surface area contributed by atoms with Gasteiger partial charge in [0.1, 0.15) is 23.1 Å². The fourth-order valence-electron chi connectivity index (χ4n) is 3.79. The number of benzene rings is 3. The molecule has 164 valence electrons. The van der Waals surface area contributed by atoms with E-state index in [1.54, 1.807) is 34.9 Å². The van der Waals surface area contributed by atoms with Crippen LogP contribution in [0.4, 0.5) is 4.39 Å². The van der Waals surface area contributed by atoms with Crippen LogP contribution in [0.25, 0.3) is 10.9 Å². The predicted molar refractivity (Wildman–Crippen MR) is 123 cm³/mol. The molecule has 0 aliphatic rings. The van der Waals surface area contributed by atoms with Crippen LogP contribution in [0, 0.1) is 12.7 Å². The summed E-state index contributed by atoms with van der Waals surface area (Å²) < 4.78 is 26.4. The third-order valence-corrected chi connectivity index (χ3v) is 5.29. The quantitative estimate of drug-likeness (QED) is 0.371. The van der Waals surface area contributed by atoms with Crippen LogP contribution in [0.15, 0.2) is 77.6 Å². The number of halogens is 1. The zero-order valence-electron chi connectivity index (χ0n) is 18.1. The Hall–Kier alpha value is -3.51. The average Bonchev–Trinajstić information content (AvgIpc) is 2.80. The summed E-state index contributed by atoms with van der Waals surface area (Å²) in [4.78, 5) is 18.2. The molecule has 1 atom stereocenters. The maximum Gasteiger partial charge on any atom is 0.261 e. The smallest absolute Gasteiger partial charge is 0.261 e. The highest BCUT2D eigenvalue weighted by atomic mass is 19.1. The van der Waals surface area contributed by atoms with Gasteiger partial charge in [0.25, 0.3) is 5.56 Å². The molecule has 0 aliphatic heterocycles. The summed E-state index contributed by atoms with van der Waals surface area (Å²) in [6.45, 7) is 4.75. The molecule has 1 heterocycles. The van der Waals surface area contributed by atoms with Crippen molar-refractivity contribution in [2.75, 3.05) is 13.2 Å². The molecule has 0 spiro atoms. The lowest BCUT2D eigenvalue weighted by molar-refractivity contribution is 0.111. The summed E-state index contributed by atoms with van der Waals surface area (Å²) >= 11 is 0. The Morgan fingerprint density at radius 2 is 1.72 bits per heavy atom. The molecule has 0 N–H and O–H groups in total. The number of aromatic nitrogens is 2. The second-order valence-corrected chi connectivity index (χ2v) is 7.57. The van der Waals surface area contributed by atoms with Gasteiger partial charge >= 0.3 is 0 Å². The summed E-state index contributed by atoms with van der Waals surface area (Å²) in [5.74, 6) is 1.28. The molecule has 6 heteroatoms. The van der Waals surface area contributed by atoms with Crippen molar-refractivity contribution in [3.63, 3.8) is 0 Å². The molecule has 1 aromatic heterocycles. The number of rotatable bonds is 8. The molecule has 0 fully saturated rings. The highest BCUT2D eigenvalue weighted by Gasteiger charge is 2.19. The van der Waals surface area contributed by atoms with Crippen molar-refractivity contribution in [3.05, 3.63) is 100 Å². The first kappa shape index (κ1) is 21.7. The number of fused-ring (bicyclic) bond motifs is 1. The Morgan fingerprint density at radius 3 is 2.44 bits per heavy atom. The molecule has 3 aromatic carbocycles. The van der Waals surface area contributed by atoms with E-state index in [1.807, 2.05) is 44.2 Å². The van der Waals surface area contributed by atoms with Crippen molar-refractivity contribution in [2.45, 2.75) is 26.3 Å². The summed E-state index contributed by atoms with van der Waals surface area (Å²) in [6.07, 6.45) is 0.653. The van der Waals surface area contributed by atoms with Crippen molar-refractivity contribution < 1.29 is 13.9 Å². The minimum absolute atomic E-state index is 0.141. The Labute approximate surface area is 186 Å². The second kappa shape index (κ2) is 9.75. The van der Waals surface area contributed by atoms with Gasteiger partial charge in [-0.25, -0.2) is 9.37 Å². The first-order valence-corrected chi connectivity index (χ1v) is 10.6. The molecular weight excluding hydrogens is 407 g/mol. The topological polar surface area (TPSA) is 53.4 Å². The third-order valence-electron chi connectivity index (χ3n) is 5.29. The summed E-state index contributed by atoms with van der Waals surface area (Å²) in [6, 6.07) is 20.8. The van der Waals surface area contributed by atoms with Gasteiger partial charge in [-0.15, -0.1) is 0 Å². The maximum absolute atomic E-state index is 13.6. The lowest BCUT2D eigenvalue weighted by atomic mass is 10.1. The van der Waals surface area contributed by atoms with Crippen LogP contribution < -0.4 is 10.3 Å². The Balaban J connectivity index is 1.73. The highest BCUT2D eigenvalue weighted by molar-refractivity contribution is 5.79. The first-order valence-electron chi connectivity index (χ1n) is 10.6. The number of hydrogen-bond acceptors (Lipinski definition) is 4. The van der Waals surface area contributed by atoms with Crippen molar-refractivity contribution in [1.29, 1.82) is 0 Å². The van der Waals surface area contributed by atoms with Crippen LogP contribution in [0.5, 0.6) is 11.5 Å². The van der Waals surface area contributed by atoms with Crippen LogP contribution in [0.1, 0.15) is 24.4 Å². The normalized spacial score (nSPS) is 12.1. The number of aryl methyl sites for hydroxylation is 1. The van der Waals surface area contributed by atoms with Gasteiger partial charge in [-0.1, -0.05) is 30.3 Å². The zero-order chi connectivity index (χ0) is 22.5. The lowest BCUT2D eigenvalue weighted by Gasteiger charge is -2.22. The van der Waals surface area contributed by atoms with E-state index >= 15 is 0 Å². The molecule has 5 nitrogen and oxygen atoms in total. The van der Waals surface area contributed by atoms with E-state index in [4.69, 9.17) is 9.47 Å². The van der Waals surface area contributed by atoms with Gasteiger partial charge in [0.05, 0.1) is 23.6 Å². The fraction of sp³-hybridized carbons (Fsp3) is 0.231. The molecule has 0 bridgehead atoms. The molecule has 0 aliphatic carbocycles. The summed E-state index contributed by atoms with van der Waals surface area (Å²) in [5, 5.41) is 0.463. The molecule has 0 unspecified atom stereocenters. The van der Waals surface area contributed by atoms with E-state index in [0.717, 1.165) is 5.56 Å². The SMILES string of the molecule is CCOC[C@H](Cc1ccccc1)n1c(C)nc2ccc(Oc3ccc(F)cc3)cc2c1=O. The Morgan fingerprint density at radius 1 is 1.00 bits per heavy atom. The van der Waals surface area contributed by atoms with E-state index in [1.165, 1.54) is 12.1 Å². The molecular formula is C26H25FN2O3. The lowest BCUT2D eigenvalue weighted by Crippen LogP contribution is -2.32. The van der Waals surface area contributed by atoms with Gasteiger partial charge in [0, 0.05) is 6.61 Å². The molecule has 4 rings (SSSR count). The molecule has 0 saturated heterocycles. The van der Waals surface area contributed by atoms with Crippen LogP contribution in [0.2, 0.25) is 0 Å². The van der Waals surface area contributed by atoms with Gasteiger partial charge in [0.2, 0.25) is 0 Å². The number of ether oxygens (including phenoxy) is 2. The molecule has 4 aromatic rings. The Kier molecular flexibility index (Phi) is 6.61. The summed E-state index contributed by atoms with van der Waals surface area (Å²) in [7, 11) is 0. The minimum Gasteiger partial charge on any atom is -0.457 e.